The maximum atomic E-state index is 12.4. The first-order chi connectivity index (χ1) is 12.6. The monoisotopic (exact) mass is 354 g/mol. The van der Waals surface area contributed by atoms with Gasteiger partial charge in [-0.25, -0.2) is 9.78 Å². The minimum Gasteiger partial charge on any atom is -0.477 e. The predicted molar refractivity (Wildman–Crippen MR) is 99.0 cm³/mol. The molecule has 0 aliphatic heterocycles. The molecule has 0 aliphatic rings. The van der Waals surface area contributed by atoms with Crippen LogP contribution in [0.1, 0.15) is 18.9 Å². The number of nitrogens with one attached hydrogen (secondary N) is 1. The minimum atomic E-state index is -0.242. The Hall–Kier alpha value is -3.09. The van der Waals surface area contributed by atoms with Crippen LogP contribution in [-0.2, 0) is 24.9 Å². The molecule has 0 radical (unpaired) electrons. The van der Waals surface area contributed by atoms with Crippen LogP contribution in [0.2, 0.25) is 0 Å². The zero-order valence-electron chi connectivity index (χ0n) is 14.9. The highest BCUT2D eigenvalue weighted by atomic mass is 16.5. The molecule has 2 aromatic heterocycles. The van der Waals surface area contributed by atoms with Crippen molar-refractivity contribution in [3.63, 3.8) is 0 Å². The number of para-hydroxylation sites is 2. The number of amides is 1. The number of aromatic nitrogens is 3. The second kappa shape index (κ2) is 7.86. The Bertz CT molecular complexity index is 974. The average molecular weight is 354 g/mol. The number of ether oxygens (including phenoxy) is 1. The molecule has 0 fully saturated rings. The Morgan fingerprint density at radius 3 is 2.73 bits per heavy atom. The molecule has 0 saturated heterocycles. The van der Waals surface area contributed by atoms with Gasteiger partial charge in [0.15, 0.2) is 0 Å². The molecule has 26 heavy (non-hydrogen) atoms. The summed E-state index contributed by atoms with van der Waals surface area (Å²) in [6.45, 7) is 2.85. The summed E-state index contributed by atoms with van der Waals surface area (Å²) in [6, 6.07) is 11.1. The molecule has 1 N–H and O–H groups in total. The molecule has 7 heteroatoms. The van der Waals surface area contributed by atoms with Gasteiger partial charge in [0.1, 0.15) is 6.54 Å². The largest absolute Gasteiger partial charge is 0.477 e. The lowest BCUT2D eigenvalue weighted by Crippen LogP contribution is -2.32. The van der Waals surface area contributed by atoms with Gasteiger partial charge < -0.3 is 10.1 Å². The highest BCUT2D eigenvalue weighted by molar-refractivity contribution is 5.80. The van der Waals surface area contributed by atoms with E-state index < -0.39 is 0 Å². The van der Waals surface area contributed by atoms with Crippen molar-refractivity contribution in [1.29, 1.82) is 0 Å². The van der Waals surface area contributed by atoms with E-state index in [1.54, 1.807) is 23.9 Å². The SMILES string of the molecule is CCCOc1ncccc1CNC(=O)Cn1c(=O)n(C)c2ccccc21. The van der Waals surface area contributed by atoms with Crippen LogP contribution in [0.3, 0.4) is 0 Å². The van der Waals surface area contributed by atoms with E-state index in [2.05, 4.69) is 10.3 Å². The Morgan fingerprint density at radius 1 is 1.19 bits per heavy atom. The summed E-state index contributed by atoms with van der Waals surface area (Å²) in [5.41, 5.74) is 2.13. The molecule has 136 valence electrons. The summed E-state index contributed by atoms with van der Waals surface area (Å²) in [5, 5.41) is 2.84. The number of carbonyl (C=O) groups is 1. The molecule has 0 spiro atoms. The van der Waals surface area contributed by atoms with E-state index >= 15 is 0 Å². The van der Waals surface area contributed by atoms with E-state index in [1.807, 2.05) is 37.3 Å². The smallest absolute Gasteiger partial charge is 0.329 e. The molecule has 3 rings (SSSR count). The van der Waals surface area contributed by atoms with Crippen LogP contribution in [0.25, 0.3) is 11.0 Å². The first kappa shape index (κ1) is 17.7. The average Bonchev–Trinajstić information content (AvgIpc) is 2.90. The standard InChI is InChI=1S/C19H22N4O3/c1-3-11-26-18-14(7-6-10-20-18)12-21-17(24)13-23-16-9-5-4-8-15(16)22(2)19(23)25/h4-10H,3,11-13H2,1-2H3,(H,21,24). The van der Waals surface area contributed by atoms with Gasteiger partial charge >= 0.3 is 5.69 Å². The third-order valence-corrected chi connectivity index (χ3v) is 4.12. The molecule has 3 aromatic rings. The van der Waals surface area contributed by atoms with E-state index in [0.29, 0.717) is 19.0 Å². The molecule has 0 bridgehead atoms. The number of nitrogens with zero attached hydrogens (tertiary/aromatic N) is 3. The molecule has 0 aliphatic carbocycles. The van der Waals surface area contributed by atoms with E-state index in [0.717, 1.165) is 23.0 Å². The van der Waals surface area contributed by atoms with Crippen molar-refractivity contribution in [3.05, 3.63) is 58.6 Å². The summed E-state index contributed by atoms with van der Waals surface area (Å²) in [5.74, 6) is 0.283. The van der Waals surface area contributed by atoms with Crippen LogP contribution in [0.4, 0.5) is 0 Å². The van der Waals surface area contributed by atoms with E-state index in [-0.39, 0.29) is 18.1 Å². The maximum Gasteiger partial charge on any atom is 0.329 e. The van der Waals surface area contributed by atoms with Crippen LogP contribution < -0.4 is 15.7 Å². The number of fused-ring (bicyclic) bond motifs is 1. The van der Waals surface area contributed by atoms with Gasteiger partial charge in [0.2, 0.25) is 11.8 Å². The van der Waals surface area contributed by atoms with E-state index in [4.69, 9.17) is 4.74 Å². The van der Waals surface area contributed by atoms with Crippen LogP contribution in [-0.4, -0.2) is 26.6 Å². The molecule has 7 nitrogen and oxygen atoms in total. The fourth-order valence-electron chi connectivity index (χ4n) is 2.80. The van der Waals surface area contributed by atoms with Crippen LogP contribution >= 0.6 is 0 Å². The highest BCUT2D eigenvalue weighted by Crippen LogP contribution is 2.14. The summed E-state index contributed by atoms with van der Waals surface area (Å²) in [7, 11) is 1.70. The van der Waals surface area contributed by atoms with Gasteiger partial charge in [0, 0.05) is 25.4 Å². The van der Waals surface area contributed by atoms with E-state index in [9.17, 15) is 9.59 Å². The number of benzene rings is 1. The zero-order valence-corrected chi connectivity index (χ0v) is 14.9. The number of carbonyl (C=O) groups excluding carboxylic acids is 1. The number of imidazole rings is 1. The van der Waals surface area contributed by atoms with Crippen molar-refractivity contribution < 1.29 is 9.53 Å². The number of rotatable bonds is 7. The summed E-state index contributed by atoms with van der Waals surface area (Å²) >= 11 is 0. The van der Waals surface area contributed by atoms with Crippen molar-refractivity contribution in [1.82, 2.24) is 19.4 Å². The minimum absolute atomic E-state index is 0.0361. The third kappa shape index (κ3) is 3.61. The fraction of sp³-hybridized carbons (Fsp3) is 0.316. The zero-order chi connectivity index (χ0) is 18.5. The third-order valence-electron chi connectivity index (χ3n) is 4.12. The van der Waals surface area contributed by atoms with Crippen molar-refractivity contribution in [2.45, 2.75) is 26.4 Å². The first-order valence-corrected chi connectivity index (χ1v) is 8.59. The van der Waals surface area contributed by atoms with Crippen molar-refractivity contribution in [2.24, 2.45) is 7.05 Å². The van der Waals surface area contributed by atoms with Gasteiger partial charge in [-0.15, -0.1) is 0 Å². The Labute approximate surface area is 151 Å². The van der Waals surface area contributed by atoms with Gasteiger partial charge in [-0.05, 0) is 24.6 Å². The summed E-state index contributed by atoms with van der Waals surface area (Å²) < 4.78 is 8.61. The van der Waals surface area contributed by atoms with Crippen LogP contribution in [0.5, 0.6) is 5.88 Å². The van der Waals surface area contributed by atoms with Gasteiger partial charge in [0.05, 0.1) is 17.6 Å². The lowest BCUT2D eigenvalue weighted by atomic mass is 10.2. The highest BCUT2D eigenvalue weighted by Gasteiger charge is 2.13. The number of aryl methyl sites for hydroxylation is 1. The fourth-order valence-corrected chi connectivity index (χ4v) is 2.80. The first-order valence-electron chi connectivity index (χ1n) is 8.59. The Kier molecular flexibility index (Phi) is 5.36. The number of hydrogen-bond donors (Lipinski definition) is 1. The van der Waals surface area contributed by atoms with Gasteiger partial charge in [0.25, 0.3) is 0 Å². The van der Waals surface area contributed by atoms with Gasteiger partial charge in [-0.2, -0.15) is 0 Å². The molecule has 0 saturated carbocycles. The number of pyridine rings is 1. The summed E-state index contributed by atoms with van der Waals surface area (Å²) in [6.07, 6.45) is 2.54. The second-order valence-electron chi connectivity index (χ2n) is 6.01. The molecular formula is C19H22N4O3. The lowest BCUT2D eigenvalue weighted by molar-refractivity contribution is -0.121. The van der Waals surface area contributed by atoms with Gasteiger partial charge in [-0.1, -0.05) is 25.1 Å². The molecule has 0 unspecified atom stereocenters. The lowest BCUT2D eigenvalue weighted by Gasteiger charge is -2.10. The molecule has 1 amide bonds. The maximum absolute atomic E-state index is 12.4. The second-order valence-corrected chi connectivity index (χ2v) is 6.01. The Morgan fingerprint density at radius 2 is 1.96 bits per heavy atom. The van der Waals surface area contributed by atoms with Crippen LogP contribution in [0, 0.1) is 0 Å². The quantitative estimate of drug-likeness (QED) is 0.702. The van der Waals surface area contributed by atoms with Gasteiger partial charge in [-0.3, -0.25) is 13.9 Å². The predicted octanol–water partition coefficient (Wildman–Crippen LogP) is 1.84. The Balaban J connectivity index is 1.71. The number of hydrogen-bond acceptors (Lipinski definition) is 4. The topological polar surface area (TPSA) is 78.2 Å². The molecule has 2 heterocycles. The molecule has 0 atom stereocenters. The van der Waals surface area contributed by atoms with Crippen molar-refractivity contribution >= 4 is 16.9 Å². The summed E-state index contributed by atoms with van der Waals surface area (Å²) in [4.78, 5) is 29.0. The van der Waals surface area contributed by atoms with Crippen molar-refractivity contribution in [3.8, 4) is 5.88 Å². The van der Waals surface area contributed by atoms with Crippen molar-refractivity contribution in [2.75, 3.05) is 6.61 Å². The van der Waals surface area contributed by atoms with Crippen LogP contribution in [0.15, 0.2) is 47.4 Å². The van der Waals surface area contributed by atoms with E-state index in [1.165, 1.54) is 4.57 Å². The molecular weight excluding hydrogens is 332 g/mol. The molecule has 1 aromatic carbocycles. The normalized spacial score (nSPS) is 10.8.